The quantitative estimate of drug-likeness (QED) is 0.941. The number of para-hydroxylation sites is 1. The molecule has 1 fully saturated rings. The molecule has 0 unspecified atom stereocenters. The van der Waals surface area contributed by atoms with Gasteiger partial charge in [0, 0.05) is 13.1 Å². The molecule has 2 aromatic carbocycles. The number of benzene rings is 2. The van der Waals surface area contributed by atoms with Crippen LogP contribution in [0.1, 0.15) is 11.7 Å². The molecule has 1 aliphatic heterocycles. The van der Waals surface area contributed by atoms with E-state index in [1.54, 1.807) is 0 Å². The van der Waals surface area contributed by atoms with Gasteiger partial charge in [0.2, 0.25) is 0 Å². The molecule has 1 aliphatic rings. The zero-order valence-corrected chi connectivity index (χ0v) is 12.0. The summed E-state index contributed by atoms with van der Waals surface area (Å²) in [6.07, 6.45) is -0.893. The minimum Gasteiger partial charge on any atom is -0.477 e. The number of rotatable bonds is 4. The summed E-state index contributed by atoms with van der Waals surface area (Å²) in [7, 11) is 0. The first-order valence-electron chi connectivity index (χ1n) is 7.23. The molecule has 0 amide bonds. The summed E-state index contributed by atoms with van der Waals surface area (Å²) < 4.78 is 39.1. The fourth-order valence-electron chi connectivity index (χ4n) is 2.50. The summed E-state index contributed by atoms with van der Waals surface area (Å²) in [6.45, 7) is 1.86. The van der Waals surface area contributed by atoms with Crippen LogP contribution in [0.15, 0.2) is 48.5 Å². The van der Waals surface area contributed by atoms with Crippen LogP contribution < -0.4 is 10.1 Å². The molecule has 1 saturated heterocycles. The van der Waals surface area contributed by atoms with E-state index in [1.807, 2.05) is 30.3 Å². The van der Waals surface area contributed by atoms with Crippen LogP contribution in [0.3, 0.4) is 0 Å². The van der Waals surface area contributed by atoms with E-state index in [4.69, 9.17) is 9.47 Å². The Balaban J connectivity index is 1.91. The van der Waals surface area contributed by atoms with E-state index in [9.17, 15) is 8.78 Å². The number of nitrogens with one attached hydrogen (secondary N) is 1. The van der Waals surface area contributed by atoms with E-state index < -0.39 is 17.7 Å². The van der Waals surface area contributed by atoms with Gasteiger partial charge in [-0.2, -0.15) is 0 Å². The minimum absolute atomic E-state index is 0.310. The fraction of sp³-hybridized carbons (Fsp3) is 0.294. The third-order valence-electron chi connectivity index (χ3n) is 3.59. The van der Waals surface area contributed by atoms with Gasteiger partial charge in [0.1, 0.15) is 6.10 Å². The van der Waals surface area contributed by atoms with Gasteiger partial charge in [-0.1, -0.05) is 36.4 Å². The molecule has 0 spiro atoms. The van der Waals surface area contributed by atoms with Gasteiger partial charge < -0.3 is 14.8 Å². The van der Waals surface area contributed by atoms with Crippen molar-refractivity contribution in [3.8, 4) is 5.75 Å². The first-order valence-corrected chi connectivity index (χ1v) is 7.23. The predicted molar refractivity (Wildman–Crippen MR) is 78.8 cm³/mol. The highest BCUT2D eigenvalue weighted by molar-refractivity contribution is 5.28. The van der Waals surface area contributed by atoms with Crippen molar-refractivity contribution in [1.29, 1.82) is 0 Å². The Hall–Kier alpha value is -1.98. The van der Waals surface area contributed by atoms with E-state index in [2.05, 4.69) is 5.32 Å². The molecule has 22 heavy (non-hydrogen) atoms. The summed E-state index contributed by atoms with van der Waals surface area (Å²) in [5.74, 6) is -1.81. The maximum absolute atomic E-state index is 13.9. The topological polar surface area (TPSA) is 30.5 Å². The lowest BCUT2D eigenvalue weighted by molar-refractivity contribution is -0.0453. The Labute approximate surface area is 127 Å². The van der Waals surface area contributed by atoms with E-state index in [1.165, 1.54) is 18.2 Å². The molecule has 0 bridgehead atoms. The van der Waals surface area contributed by atoms with Crippen molar-refractivity contribution in [3.05, 3.63) is 65.7 Å². The summed E-state index contributed by atoms with van der Waals surface area (Å²) in [5.41, 5.74) is 0.818. The largest absolute Gasteiger partial charge is 0.477 e. The summed E-state index contributed by atoms with van der Waals surface area (Å²) in [6, 6.07) is 13.0. The van der Waals surface area contributed by atoms with Crippen molar-refractivity contribution in [3.63, 3.8) is 0 Å². The van der Waals surface area contributed by atoms with Crippen molar-refractivity contribution >= 4 is 0 Å². The summed E-state index contributed by atoms with van der Waals surface area (Å²) in [5, 5.41) is 3.21. The van der Waals surface area contributed by atoms with Crippen molar-refractivity contribution < 1.29 is 18.3 Å². The molecular weight excluding hydrogens is 288 g/mol. The SMILES string of the molecule is Fc1cccc(F)c1O[C@@H](c1ccccc1)[C@@H]1CNCCO1. The highest BCUT2D eigenvalue weighted by Gasteiger charge is 2.29. The number of morpholine rings is 1. The van der Waals surface area contributed by atoms with E-state index in [-0.39, 0.29) is 11.9 Å². The lowest BCUT2D eigenvalue weighted by Gasteiger charge is -2.31. The molecule has 3 rings (SSSR count). The predicted octanol–water partition coefficient (Wildman–Crippen LogP) is 3.07. The molecule has 0 aliphatic carbocycles. The maximum atomic E-state index is 13.9. The summed E-state index contributed by atoms with van der Waals surface area (Å²) >= 11 is 0. The Morgan fingerprint density at radius 1 is 1.05 bits per heavy atom. The van der Waals surface area contributed by atoms with Gasteiger partial charge in [0.25, 0.3) is 0 Å². The molecular formula is C17H17F2NO2. The lowest BCUT2D eigenvalue weighted by atomic mass is 10.0. The molecule has 0 radical (unpaired) electrons. The third kappa shape index (κ3) is 3.26. The van der Waals surface area contributed by atoms with E-state index in [0.717, 1.165) is 12.1 Å². The molecule has 3 nitrogen and oxygen atoms in total. The Morgan fingerprint density at radius 3 is 2.41 bits per heavy atom. The number of hydrogen-bond acceptors (Lipinski definition) is 3. The first kappa shape index (κ1) is 14.9. The normalized spacial score (nSPS) is 19.6. The second kappa shape index (κ2) is 6.85. The molecule has 2 atom stereocenters. The maximum Gasteiger partial charge on any atom is 0.191 e. The van der Waals surface area contributed by atoms with Crippen LogP contribution in [-0.4, -0.2) is 25.8 Å². The molecule has 5 heteroatoms. The van der Waals surface area contributed by atoms with Crippen LogP contribution in [-0.2, 0) is 4.74 Å². The van der Waals surface area contributed by atoms with Gasteiger partial charge >= 0.3 is 0 Å². The molecule has 0 aromatic heterocycles. The zero-order valence-electron chi connectivity index (χ0n) is 12.0. The second-order valence-corrected chi connectivity index (χ2v) is 5.11. The lowest BCUT2D eigenvalue weighted by Crippen LogP contribution is -2.43. The molecule has 2 aromatic rings. The molecule has 1 N–H and O–H groups in total. The van der Waals surface area contributed by atoms with Gasteiger partial charge in [-0.05, 0) is 17.7 Å². The van der Waals surface area contributed by atoms with Crippen LogP contribution in [0.2, 0.25) is 0 Å². The van der Waals surface area contributed by atoms with Crippen LogP contribution in [0.5, 0.6) is 5.75 Å². The van der Waals surface area contributed by atoms with Crippen molar-refractivity contribution in [1.82, 2.24) is 5.32 Å². The second-order valence-electron chi connectivity index (χ2n) is 5.11. The van der Waals surface area contributed by atoms with Crippen molar-refractivity contribution in [2.45, 2.75) is 12.2 Å². The van der Waals surface area contributed by atoms with E-state index >= 15 is 0 Å². The Bertz CT molecular complexity index is 595. The van der Waals surface area contributed by atoms with Crippen molar-refractivity contribution in [2.24, 2.45) is 0 Å². The zero-order chi connectivity index (χ0) is 15.4. The van der Waals surface area contributed by atoms with Gasteiger partial charge in [-0.3, -0.25) is 0 Å². The first-order chi connectivity index (χ1) is 10.8. The van der Waals surface area contributed by atoms with Crippen LogP contribution in [0.25, 0.3) is 0 Å². The molecule has 0 saturated carbocycles. The fourth-order valence-corrected chi connectivity index (χ4v) is 2.50. The van der Waals surface area contributed by atoms with Crippen LogP contribution >= 0.6 is 0 Å². The van der Waals surface area contributed by atoms with Crippen LogP contribution in [0, 0.1) is 11.6 Å². The number of halogens is 2. The monoisotopic (exact) mass is 305 g/mol. The average molecular weight is 305 g/mol. The summed E-state index contributed by atoms with van der Waals surface area (Å²) in [4.78, 5) is 0. The highest BCUT2D eigenvalue weighted by atomic mass is 19.1. The number of hydrogen-bond donors (Lipinski definition) is 1. The highest BCUT2D eigenvalue weighted by Crippen LogP contribution is 2.30. The smallest absolute Gasteiger partial charge is 0.191 e. The van der Waals surface area contributed by atoms with Crippen molar-refractivity contribution in [2.75, 3.05) is 19.7 Å². The van der Waals surface area contributed by atoms with Crippen LogP contribution in [0.4, 0.5) is 8.78 Å². The minimum atomic E-state index is -0.718. The third-order valence-corrected chi connectivity index (χ3v) is 3.59. The molecule has 1 heterocycles. The van der Waals surface area contributed by atoms with Gasteiger partial charge in [0.15, 0.2) is 23.5 Å². The Morgan fingerprint density at radius 2 is 1.77 bits per heavy atom. The van der Waals surface area contributed by atoms with Gasteiger partial charge in [-0.15, -0.1) is 0 Å². The standard InChI is InChI=1S/C17H17F2NO2/c18-13-7-4-8-14(19)17(13)22-16(12-5-2-1-3-6-12)15-11-20-9-10-21-15/h1-8,15-16,20H,9-11H2/t15-,16-/m0/s1. The van der Waals surface area contributed by atoms with Gasteiger partial charge in [-0.25, -0.2) is 8.78 Å². The molecule has 116 valence electrons. The number of ether oxygens (including phenoxy) is 2. The van der Waals surface area contributed by atoms with Gasteiger partial charge in [0.05, 0.1) is 6.61 Å². The Kier molecular flexibility index (Phi) is 4.65. The average Bonchev–Trinajstić information content (AvgIpc) is 2.56. The van der Waals surface area contributed by atoms with E-state index in [0.29, 0.717) is 13.2 Å².